The monoisotopic (exact) mass is 225 g/mol. The van der Waals surface area contributed by atoms with E-state index >= 15 is 0 Å². The molecule has 0 aliphatic carbocycles. The van der Waals surface area contributed by atoms with E-state index in [0.717, 1.165) is 5.69 Å². The van der Waals surface area contributed by atoms with Crippen LogP contribution in [-0.2, 0) is 0 Å². The normalized spacial score (nSPS) is 9.94. The summed E-state index contributed by atoms with van der Waals surface area (Å²) in [6, 6.07) is 7.57. The van der Waals surface area contributed by atoms with Gasteiger partial charge >= 0.3 is 0 Å². The van der Waals surface area contributed by atoms with Crippen molar-refractivity contribution in [2.75, 3.05) is 5.73 Å². The lowest BCUT2D eigenvalue weighted by Gasteiger charge is -2.05. The van der Waals surface area contributed by atoms with Gasteiger partial charge in [-0.2, -0.15) is 5.26 Å². The van der Waals surface area contributed by atoms with Gasteiger partial charge in [0.1, 0.15) is 23.1 Å². The summed E-state index contributed by atoms with van der Waals surface area (Å²) in [5.74, 6) is 0.640. The minimum Gasteiger partial charge on any atom is -0.382 e. The number of anilines is 1. The Morgan fingerprint density at radius 3 is 2.53 bits per heavy atom. The van der Waals surface area contributed by atoms with E-state index in [1.54, 1.807) is 6.92 Å². The number of nitrogen functional groups attached to an aromatic ring is 1. The molecule has 2 aromatic heterocycles. The van der Waals surface area contributed by atoms with Crippen molar-refractivity contribution in [2.24, 2.45) is 0 Å². The molecule has 2 N–H and O–H groups in total. The van der Waals surface area contributed by atoms with Crippen LogP contribution in [0.5, 0.6) is 0 Å². The number of hydrogen-bond acceptors (Lipinski definition) is 5. The first kappa shape index (κ1) is 11.0. The molecule has 0 saturated carbocycles. The maximum atomic E-state index is 8.88. The maximum Gasteiger partial charge on any atom is 0.180 e. The largest absolute Gasteiger partial charge is 0.382 e. The molecule has 2 rings (SSSR count). The van der Waals surface area contributed by atoms with Crippen molar-refractivity contribution in [3.05, 3.63) is 35.2 Å². The van der Waals surface area contributed by atoms with Gasteiger partial charge in [-0.3, -0.25) is 0 Å². The van der Waals surface area contributed by atoms with E-state index < -0.39 is 0 Å². The molecule has 0 aromatic carbocycles. The lowest BCUT2D eigenvalue weighted by Crippen LogP contribution is -2.03. The first-order chi connectivity index (χ1) is 8.11. The Hall–Kier alpha value is -2.48. The molecule has 5 nitrogen and oxygen atoms in total. The Bertz CT molecular complexity index is 590. The number of hydrogen-bond donors (Lipinski definition) is 1. The second-order valence-corrected chi connectivity index (χ2v) is 3.67. The molecule has 0 fully saturated rings. The number of nitriles is 1. The van der Waals surface area contributed by atoms with Crippen molar-refractivity contribution in [3.8, 4) is 17.6 Å². The lowest BCUT2D eigenvalue weighted by molar-refractivity contribution is 1.07. The van der Waals surface area contributed by atoms with Crippen LogP contribution in [0.15, 0.2) is 18.2 Å². The standard InChI is InChI=1S/C12H11N5/c1-7-4-3-5-10(15-7)12-16-8(2)9(6-13)11(14)17-12/h3-5H,1-2H3,(H2,14,16,17). The molecule has 0 amide bonds. The van der Waals surface area contributed by atoms with Gasteiger partial charge < -0.3 is 5.73 Å². The molecule has 2 heterocycles. The first-order valence-electron chi connectivity index (χ1n) is 5.10. The molecule has 2 aromatic rings. The van der Waals surface area contributed by atoms with E-state index in [1.165, 1.54) is 0 Å². The van der Waals surface area contributed by atoms with Crippen LogP contribution in [0.3, 0.4) is 0 Å². The fourth-order valence-electron chi connectivity index (χ4n) is 1.52. The second kappa shape index (κ2) is 4.18. The molecule has 5 heteroatoms. The average molecular weight is 225 g/mol. The molecule has 0 bridgehead atoms. The van der Waals surface area contributed by atoms with Crippen LogP contribution >= 0.6 is 0 Å². The van der Waals surface area contributed by atoms with Crippen molar-refractivity contribution in [1.82, 2.24) is 15.0 Å². The molecule has 0 radical (unpaired) electrons. The first-order valence-corrected chi connectivity index (χ1v) is 5.10. The minimum atomic E-state index is 0.193. The molecule has 17 heavy (non-hydrogen) atoms. The summed E-state index contributed by atoms with van der Waals surface area (Å²) in [6.45, 7) is 3.62. The highest BCUT2D eigenvalue weighted by Crippen LogP contribution is 2.18. The van der Waals surface area contributed by atoms with E-state index in [0.29, 0.717) is 22.8 Å². The third-order valence-corrected chi connectivity index (χ3v) is 2.35. The number of aromatic nitrogens is 3. The number of aryl methyl sites for hydroxylation is 2. The van der Waals surface area contributed by atoms with E-state index in [9.17, 15) is 0 Å². The highest BCUT2D eigenvalue weighted by Gasteiger charge is 2.10. The summed E-state index contributed by atoms with van der Waals surface area (Å²) in [6.07, 6.45) is 0. The number of pyridine rings is 1. The molecule has 0 unspecified atom stereocenters. The zero-order valence-electron chi connectivity index (χ0n) is 9.60. The fraction of sp³-hybridized carbons (Fsp3) is 0.167. The molecule has 0 aliphatic heterocycles. The van der Waals surface area contributed by atoms with Gasteiger partial charge in [-0.15, -0.1) is 0 Å². The van der Waals surface area contributed by atoms with Crippen molar-refractivity contribution in [1.29, 1.82) is 5.26 Å². The van der Waals surface area contributed by atoms with Crippen LogP contribution in [0.2, 0.25) is 0 Å². The third kappa shape index (κ3) is 2.06. The molecular weight excluding hydrogens is 214 g/mol. The minimum absolute atomic E-state index is 0.193. The van der Waals surface area contributed by atoms with Gasteiger partial charge in [-0.25, -0.2) is 15.0 Å². The number of nitrogens with two attached hydrogens (primary N) is 1. The van der Waals surface area contributed by atoms with E-state index in [1.807, 2.05) is 31.2 Å². The van der Waals surface area contributed by atoms with Gasteiger partial charge in [0.05, 0.1) is 5.69 Å². The predicted molar refractivity (Wildman–Crippen MR) is 63.9 cm³/mol. The van der Waals surface area contributed by atoms with Gasteiger partial charge in [-0.05, 0) is 26.0 Å². The third-order valence-electron chi connectivity index (χ3n) is 2.35. The van der Waals surface area contributed by atoms with Gasteiger partial charge in [0.15, 0.2) is 5.82 Å². The highest BCUT2D eigenvalue weighted by atomic mass is 15.0. The van der Waals surface area contributed by atoms with Crippen LogP contribution in [-0.4, -0.2) is 15.0 Å². The summed E-state index contributed by atoms with van der Waals surface area (Å²) >= 11 is 0. The van der Waals surface area contributed by atoms with Crippen LogP contribution in [0.4, 0.5) is 5.82 Å². The Kier molecular flexibility index (Phi) is 2.71. The molecular formula is C12H11N5. The van der Waals surface area contributed by atoms with Gasteiger partial charge in [0, 0.05) is 5.69 Å². The summed E-state index contributed by atoms with van der Waals surface area (Å²) in [4.78, 5) is 12.7. The summed E-state index contributed by atoms with van der Waals surface area (Å²) in [5, 5.41) is 8.88. The quantitative estimate of drug-likeness (QED) is 0.796. The zero-order chi connectivity index (χ0) is 12.4. The van der Waals surface area contributed by atoms with Gasteiger partial charge in [-0.1, -0.05) is 6.07 Å². The molecule has 0 saturated heterocycles. The van der Waals surface area contributed by atoms with Crippen molar-refractivity contribution < 1.29 is 0 Å². The number of rotatable bonds is 1. The van der Waals surface area contributed by atoms with Gasteiger partial charge in [0.25, 0.3) is 0 Å². The van der Waals surface area contributed by atoms with E-state index in [2.05, 4.69) is 15.0 Å². The van der Waals surface area contributed by atoms with Gasteiger partial charge in [0.2, 0.25) is 0 Å². The maximum absolute atomic E-state index is 8.88. The smallest absolute Gasteiger partial charge is 0.180 e. The second-order valence-electron chi connectivity index (χ2n) is 3.67. The summed E-state index contributed by atoms with van der Waals surface area (Å²) < 4.78 is 0. The molecule has 84 valence electrons. The van der Waals surface area contributed by atoms with Crippen LogP contribution < -0.4 is 5.73 Å². The topological polar surface area (TPSA) is 88.5 Å². The Morgan fingerprint density at radius 2 is 1.94 bits per heavy atom. The summed E-state index contributed by atoms with van der Waals surface area (Å²) in [5.41, 5.74) is 8.13. The Morgan fingerprint density at radius 1 is 1.18 bits per heavy atom. The van der Waals surface area contributed by atoms with E-state index in [4.69, 9.17) is 11.0 Å². The number of nitrogens with zero attached hydrogens (tertiary/aromatic N) is 4. The fourth-order valence-corrected chi connectivity index (χ4v) is 1.52. The van der Waals surface area contributed by atoms with Crippen molar-refractivity contribution in [3.63, 3.8) is 0 Å². The SMILES string of the molecule is Cc1cccc(-c2nc(C)c(C#N)c(N)n2)n1. The highest BCUT2D eigenvalue weighted by molar-refractivity contribution is 5.58. The molecule has 0 aliphatic rings. The predicted octanol–water partition coefficient (Wildman–Crippen LogP) is 1.61. The lowest BCUT2D eigenvalue weighted by atomic mass is 10.2. The summed E-state index contributed by atoms with van der Waals surface area (Å²) in [7, 11) is 0. The van der Waals surface area contributed by atoms with Crippen molar-refractivity contribution >= 4 is 5.82 Å². The van der Waals surface area contributed by atoms with Crippen molar-refractivity contribution in [2.45, 2.75) is 13.8 Å². The molecule has 0 spiro atoms. The zero-order valence-corrected chi connectivity index (χ0v) is 9.60. The Labute approximate surface area is 99.0 Å². The van der Waals surface area contributed by atoms with Crippen LogP contribution in [0.25, 0.3) is 11.5 Å². The Balaban J connectivity index is 2.59. The van der Waals surface area contributed by atoms with Crippen LogP contribution in [0.1, 0.15) is 17.0 Å². The molecule has 0 atom stereocenters. The average Bonchev–Trinajstić information content (AvgIpc) is 2.28. The van der Waals surface area contributed by atoms with Crippen LogP contribution in [0, 0.1) is 25.2 Å². The van der Waals surface area contributed by atoms with E-state index in [-0.39, 0.29) is 5.82 Å².